The summed E-state index contributed by atoms with van der Waals surface area (Å²) in [4.78, 5) is 33.2. The number of carbonyl (C=O) groups excluding carboxylic acids is 2. The minimum atomic E-state index is -0.582. The predicted molar refractivity (Wildman–Crippen MR) is 90.2 cm³/mol. The zero-order chi connectivity index (χ0) is 18.2. The van der Waals surface area contributed by atoms with Crippen molar-refractivity contribution in [3.05, 3.63) is 58.1 Å². The van der Waals surface area contributed by atoms with Gasteiger partial charge in [0.1, 0.15) is 12.0 Å². The molecule has 0 heterocycles. The third-order valence-electron chi connectivity index (χ3n) is 3.14. The number of benzene rings is 2. The van der Waals surface area contributed by atoms with Gasteiger partial charge in [-0.05, 0) is 31.2 Å². The molecular weight excluding hydrogens is 328 g/mol. The van der Waals surface area contributed by atoms with E-state index in [1.165, 1.54) is 36.4 Å². The van der Waals surface area contributed by atoms with Gasteiger partial charge < -0.3 is 14.8 Å². The molecule has 0 spiro atoms. The Balaban J connectivity index is 2.05. The fourth-order valence-corrected chi connectivity index (χ4v) is 2.05. The maximum atomic E-state index is 12.0. The minimum absolute atomic E-state index is 0.0856. The van der Waals surface area contributed by atoms with Gasteiger partial charge in [-0.2, -0.15) is 0 Å². The maximum absolute atomic E-state index is 12.0. The van der Waals surface area contributed by atoms with Crippen molar-refractivity contribution >= 4 is 23.6 Å². The highest BCUT2D eigenvalue weighted by Crippen LogP contribution is 2.28. The molecule has 0 bridgehead atoms. The number of hydrogen-bond acceptors (Lipinski definition) is 6. The van der Waals surface area contributed by atoms with E-state index in [-0.39, 0.29) is 18.0 Å². The number of rotatable bonds is 8. The van der Waals surface area contributed by atoms with Crippen LogP contribution in [0.3, 0.4) is 0 Å². The average Bonchev–Trinajstić information content (AvgIpc) is 2.61. The number of anilines is 1. The van der Waals surface area contributed by atoms with Gasteiger partial charge >= 0.3 is 0 Å². The summed E-state index contributed by atoms with van der Waals surface area (Å²) < 4.78 is 10.8. The number of nitrogens with one attached hydrogen (secondary N) is 1. The lowest BCUT2D eigenvalue weighted by atomic mass is 10.2. The SMILES string of the molecule is CCOc1cc(C=O)ccc1OCC(=O)Nc1ccccc1[N+](=O)[O-]. The Hall–Kier alpha value is -3.42. The molecular formula is C17H16N2O6. The third-order valence-corrected chi connectivity index (χ3v) is 3.14. The Morgan fingerprint density at radius 1 is 1.20 bits per heavy atom. The number of para-hydroxylation sites is 2. The number of nitro groups is 1. The number of ether oxygens (including phenoxy) is 2. The van der Waals surface area contributed by atoms with Crippen LogP contribution in [-0.4, -0.2) is 30.3 Å². The summed E-state index contributed by atoms with van der Waals surface area (Å²) in [5.41, 5.74) is 0.295. The van der Waals surface area contributed by atoms with E-state index < -0.39 is 10.8 Å². The highest BCUT2D eigenvalue weighted by molar-refractivity contribution is 5.94. The van der Waals surface area contributed by atoms with Gasteiger partial charge in [0.25, 0.3) is 11.6 Å². The van der Waals surface area contributed by atoms with Gasteiger partial charge in [0, 0.05) is 11.6 Å². The van der Waals surface area contributed by atoms with E-state index in [1.807, 2.05) is 0 Å². The van der Waals surface area contributed by atoms with Gasteiger partial charge in [-0.1, -0.05) is 12.1 Å². The zero-order valence-electron chi connectivity index (χ0n) is 13.4. The third kappa shape index (κ3) is 4.77. The summed E-state index contributed by atoms with van der Waals surface area (Å²) in [6, 6.07) is 10.4. The normalized spacial score (nSPS) is 9.96. The van der Waals surface area contributed by atoms with E-state index in [1.54, 1.807) is 13.0 Å². The lowest BCUT2D eigenvalue weighted by Crippen LogP contribution is -2.21. The molecule has 0 aliphatic rings. The lowest BCUT2D eigenvalue weighted by Gasteiger charge is -2.12. The summed E-state index contributed by atoms with van der Waals surface area (Å²) in [7, 11) is 0. The second-order valence-corrected chi connectivity index (χ2v) is 4.87. The fourth-order valence-electron chi connectivity index (χ4n) is 2.05. The summed E-state index contributed by atoms with van der Waals surface area (Å²) in [5.74, 6) is 0.0759. The summed E-state index contributed by atoms with van der Waals surface area (Å²) in [5, 5.41) is 13.4. The van der Waals surface area contributed by atoms with Crippen LogP contribution in [0.2, 0.25) is 0 Å². The molecule has 0 unspecified atom stereocenters. The Morgan fingerprint density at radius 2 is 1.96 bits per heavy atom. The Bertz CT molecular complexity index is 790. The second kappa shape index (κ2) is 8.44. The van der Waals surface area contributed by atoms with Crippen molar-refractivity contribution in [2.45, 2.75) is 6.92 Å². The van der Waals surface area contributed by atoms with Crippen molar-refractivity contribution in [2.24, 2.45) is 0 Å². The first-order chi connectivity index (χ1) is 12.0. The molecule has 0 saturated carbocycles. The van der Waals surface area contributed by atoms with Crippen molar-refractivity contribution in [3.8, 4) is 11.5 Å². The molecule has 130 valence electrons. The molecule has 1 amide bonds. The number of nitro benzene ring substituents is 1. The van der Waals surface area contributed by atoms with Crippen LogP contribution in [-0.2, 0) is 4.79 Å². The van der Waals surface area contributed by atoms with Crippen LogP contribution < -0.4 is 14.8 Å². The molecule has 0 radical (unpaired) electrons. The highest BCUT2D eigenvalue weighted by atomic mass is 16.6. The van der Waals surface area contributed by atoms with Crippen LogP contribution in [0.1, 0.15) is 17.3 Å². The molecule has 2 rings (SSSR count). The number of aldehydes is 1. The van der Waals surface area contributed by atoms with Crippen molar-refractivity contribution < 1.29 is 24.0 Å². The maximum Gasteiger partial charge on any atom is 0.292 e. The number of nitrogens with zero attached hydrogens (tertiary/aromatic N) is 1. The molecule has 0 aromatic heterocycles. The van der Waals surface area contributed by atoms with Gasteiger partial charge in [-0.15, -0.1) is 0 Å². The van der Waals surface area contributed by atoms with E-state index >= 15 is 0 Å². The van der Waals surface area contributed by atoms with Gasteiger partial charge in [0.05, 0.1) is 11.5 Å². The number of amides is 1. The zero-order valence-corrected chi connectivity index (χ0v) is 13.4. The van der Waals surface area contributed by atoms with Gasteiger partial charge in [0.2, 0.25) is 0 Å². The number of hydrogen-bond donors (Lipinski definition) is 1. The molecule has 0 aliphatic carbocycles. The molecule has 0 fully saturated rings. The van der Waals surface area contributed by atoms with Crippen LogP contribution in [0.25, 0.3) is 0 Å². The number of carbonyl (C=O) groups is 2. The summed E-state index contributed by atoms with van der Waals surface area (Å²) >= 11 is 0. The van der Waals surface area contributed by atoms with E-state index in [0.717, 1.165) is 0 Å². The van der Waals surface area contributed by atoms with E-state index in [9.17, 15) is 19.7 Å². The highest BCUT2D eigenvalue weighted by Gasteiger charge is 2.15. The van der Waals surface area contributed by atoms with Crippen LogP contribution in [0.5, 0.6) is 11.5 Å². The molecule has 8 heteroatoms. The summed E-state index contributed by atoms with van der Waals surface area (Å²) in [6.45, 7) is 1.77. The van der Waals surface area contributed by atoms with Crippen molar-refractivity contribution in [1.29, 1.82) is 0 Å². The smallest absolute Gasteiger partial charge is 0.292 e. The van der Waals surface area contributed by atoms with Gasteiger partial charge in [-0.3, -0.25) is 19.7 Å². The van der Waals surface area contributed by atoms with E-state index in [0.29, 0.717) is 30.0 Å². The first-order valence-electron chi connectivity index (χ1n) is 7.43. The molecule has 2 aromatic carbocycles. The van der Waals surface area contributed by atoms with Crippen molar-refractivity contribution in [2.75, 3.05) is 18.5 Å². The largest absolute Gasteiger partial charge is 0.490 e. The van der Waals surface area contributed by atoms with Gasteiger partial charge in [-0.25, -0.2) is 0 Å². The molecule has 0 atom stereocenters. The molecule has 1 N–H and O–H groups in total. The Morgan fingerprint density at radius 3 is 2.64 bits per heavy atom. The minimum Gasteiger partial charge on any atom is -0.490 e. The van der Waals surface area contributed by atoms with Gasteiger partial charge in [0.15, 0.2) is 18.1 Å². The fraction of sp³-hybridized carbons (Fsp3) is 0.176. The van der Waals surface area contributed by atoms with Crippen LogP contribution in [0, 0.1) is 10.1 Å². The van der Waals surface area contributed by atoms with E-state index in [4.69, 9.17) is 9.47 Å². The average molecular weight is 344 g/mol. The van der Waals surface area contributed by atoms with E-state index in [2.05, 4.69) is 5.32 Å². The topological polar surface area (TPSA) is 108 Å². The monoisotopic (exact) mass is 344 g/mol. The second-order valence-electron chi connectivity index (χ2n) is 4.87. The summed E-state index contributed by atoms with van der Waals surface area (Å²) in [6.07, 6.45) is 0.674. The molecule has 2 aromatic rings. The van der Waals surface area contributed by atoms with Crippen molar-refractivity contribution in [3.63, 3.8) is 0 Å². The van der Waals surface area contributed by atoms with Crippen molar-refractivity contribution in [1.82, 2.24) is 0 Å². The Kier molecular flexibility index (Phi) is 6.05. The first-order valence-corrected chi connectivity index (χ1v) is 7.43. The molecule has 8 nitrogen and oxygen atoms in total. The lowest BCUT2D eigenvalue weighted by molar-refractivity contribution is -0.383. The molecule has 0 aliphatic heterocycles. The van der Waals surface area contributed by atoms with Crippen LogP contribution >= 0.6 is 0 Å². The standard InChI is InChI=1S/C17H16N2O6/c1-2-24-16-9-12(10-20)7-8-15(16)25-11-17(21)18-13-5-3-4-6-14(13)19(22)23/h3-10H,2,11H2,1H3,(H,18,21). The molecule has 25 heavy (non-hydrogen) atoms. The first kappa shape index (κ1) is 17.9. The molecule has 0 saturated heterocycles. The van der Waals surface area contributed by atoms with Crippen LogP contribution in [0.4, 0.5) is 11.4 Å². The Labute approximate surface area is 143 Å². The predicted octanol–water partition coefficient (Wildman–Crippen LogP) is 2.82. The quantitative estimate of drug-likeness (QED) is 0.448. The van der Waals surface area contributed by atoms with Crippen LogP contribution in [0.15, 0.2) is 42.5 Å².